The van der Waals surface area contributed by atoms with E-state index in [0.29, 0.717) is 12.1 Å². The number of anilines is 1. The van der Waals surface area contributed by atoms with E-state index in [1.807, 2.05) is 37.3 Å². The molecule has 22 heavy (non-hydrogen) atoms. The number of carbonyl (C=O) groups is 2. The fourth-order valence-electron chi connectivity index (χ4n) is 2.27. The van der Waals surface area contributed by atoms with E-state index in [9.17, 15) is 14.7 Å². The number of amides is 1. The van der Waals surface area contributed by atoms with Crippen LogP contribution in [0.1, 0.15) is 35.2 Å². The first kappa shape index (κ1) is 15.6. The number of nitrogens with one attached hydrogen (secondary N) is 1. The van der Waals surface area contributed by atoms with Gasteiger partial charge in [0.15, 0.2) is 0 Å². The largest absolute Gasteiger partial charge is 0.507 e. The Bertz CT molecular complexity index is 682. The van der Waals surface area contributed by atoms with Crippen LogP contribution in [-0.4, -0.2) is 22.1 Å². The van der Waals surface area contributed by atoms with E-state index in [4.69, 9.17) is 5.11 Å². The first-order valence-electron chi connectivity index (χ1n) is 6.95. The average Bonchev–Trinajstić information content (AvgIpc) is 2.51. The van der Waals surface area contributed by atoms with Gasteiger partial charge < -0.3 is 15.5 Å². The van der Waals surface area contributed by atoms with E-state index in [2.05, 4.69) is 5.32 Å². The predicted octanol–water partition coefficient (Wildman–Crippen LogP) is 3.22. The molecule has 0 saturated carbocycles. The summed E-state index contributed by atoms with van der Waals surface area (Å²) < 4.78 is 0. The lowest BCUT2D eigenvalue weighted by atomic mass is 9.95. The van der Waals surface area contributed by atoms with Gasteiger partial charge in [0.1, 0.15) is 11.3 Å². The van der Waals surface area contributed by atoms with Crippen molar-refractivity contribution in [2.45, 2.75) is 19.3 Å². The highest BCUT2D eigenvalue weighted by atomic mass is 16.4. The molecule has 0 radical (unpaired) electrons. The summed E-state index contributed by atoms with van der Waals surface area (Å²) in [7, 11) is 0. The minimum atomic E-state index is -1.25. The van der Waals surface area contributed by atoms with Gasteiger partial charge in [-0.05, 0) is 30.2 Å². The van der Waals surface area contributed by atoms with Crippen LogP contribution in [0.3, 0.4) is 0 Å². The minimum Gasteiger partial charge on any atom is -0.507 e. The number of phenols is 1. The SMILES string of the molecule is CC[C@H](C(=O)Nc1ccc(O)c(C(=O)O)c1)c1ccccc1. The topological polar surface area (TPSA) is 86.6 Å². The number of rotatable bonds is 5. The monoisotopic (exact) mass is 299 g/mol. The second kappa shape index (κ2) is 6.76. The number of benzene rings is 2. The zero-order valence-electron chi connectivity index (χ0n) is 12.1. The maximum Gasteiger partial charge on any atom is 0.339 e. The van der Waals surface area contributed by atoms with Gasteiger partial charge in [-0.25, -0.2) is 4.79 Å². The first-order valence-corrected chi connectivity index (χ1v) is 6.95. The molecule has 5 nitrogen and oxygen atoms in total. The molecule has 0 aliphatic heterocycles. The van der Waals surface area contributed by atoms with Crippen molar-refractivity contribution in [1.29, 1.82) is 0 Å². The third kappa shape index (κ3) is 3.44. The third-order valence-electron chi connectivity index (χ3n) is 3.42. The van der Waals surface area contributed by atoms with Crippen LogP contribution >= 0.6 is 0 Å². The van der Waals surface area contributed by atoms with Crippen LogP contribution in [0.15, 0.2) is 48.5 Å². The van der Waals surface area contributed by atoms with Crippen molar-refractivity contribution in [2.75, 3.05) is 5.32 Å². The Hall–Kier alpha value is -2.82. The van der Waals surface area contributed by atoms with Crippen LogP contribution in [0.25, 0.3) is 0 Å². The Morgan fingerprint density at radius 2 is 1.82 bits per heavy atom. The van der Waals surface area contributed by atoms with Crippen molar-refractivity contribution in [2.24, 2.45) is 0 Å². The highest BCUT2D eigenvalue weighted by Crippen LogP contribution is 2.24. The van der Waals surface area contributed by atoms with Crippen LogP contribution in [-0.2, 0) is 4.79 Å². The van der Waals surface area contributed by atoms with Crippen molar-refractivity contribution in [3.05, 3.63) is 59.7 Å². The van der Waals surface area contributed by atoms with Crippen LogP contribution in [0.5, 0.6) is 5.75 Å². The summed E-state index contributed by atoms with van der Waals surface area (Å²) in [5.74, 6) is -2.11. The summed E-state index contributed by atoms with van der Waals surface area (Å²) in [6.07, 6.45) is 0.625. The molecule has 1 amide bonds. The Balaban J connectivity index is 2.21. The lowest BCUT2D eigenvalue weighted by molar-refractivity contribution is -0.117. The number of carboxylic acids is 1. The molecule has 3 N–H and O–H groups in total. The van der Waals surface area contributed by atoms with Gasteiger partial charge in [-0.2, -0.15) is 0 Å². The van der Waals surface area contributed by atoms with E-state index in [1.165, 1.54) is 18.2 Å². The van der Waals surface area contributed by atoms with E-state index in [0.717, 1.165) is 5.56 Å². The van der Waals surface area contributed by atoms with Crippen LogP contribution < -0.4 is 5.32 Å². The normalized spacial score (nSPS) is 11.7. The molecular weight excluding hydrogens is 282 g/mol. The molecule has 114 valence electrons. The number of aromatic hydroxyl groups is 1. The molecule has 2 aromatic carbocycles. The molecule has 0 heterocycles. The molecule has 2 aromatic rings. The van der Waals surface area contributed by atoms with E-state index in [-0.39, 0.29) is 23.1 Å². The standard InChI is InChI=1S/C17H17NO4/c1-2-13(11-6-4-3-5-7-11)16(20)18-12-8-9-15(19)14(10-12)17(21)22/h3-10,13,19H,2H2,1H3,(H,18,20)(H,21,22)/t13-/m0/s1. The van der Waals surface area contributed by atoms with Gasteiger partial charge in [0.25, 0.3) is 0 Å². The molecule has 2 rings (SSSR count). The second-order valence-electron chi connectivity index (χ2n) is 4.90. The molecular formula is C17H17NO4. The van der Waals surface area contributed by atoms with Gasteiger partial charge in [-0.15, -0.1) is 0 Å². The zero-order valence-corrected chi connectivity index (χ0v) is 12.1. The van der Waals surface area contributed by atoms with E-state index in [1.54, 1.807) is 0 Å². The van der Waals surface area contributed by atoms with Crippen LogP contribution in [0.4, 0.5) is 5.69 Å². The predicted molar refractivity (Wildman–Crippen MR) is 83.2 cm³/mol. The summed E-state index contributed by atoms with van der Waals surface area (Å²) in [6.45, 7) is 1.91. The fourth-order valence-corrected chi connectivity index (χ4v) is 2.27. The maximum absolute atomic E-state index is 12.4. The van der Waals surface area contributed by atoms with Crippen molar-refractivity contribution in [1.82, 2.24) is 0 Å². The number of hydrogen-bond donors (Lipinski definition) is 3. The molecule has 1 atom stereocenters. The lowest BCUT2D eigenvalue weighted by Crippen LogP contribution is -2.20. The Labute approximate surface area is 128 Å². The number of carbonyl (C=O) groups excluding carboxylic acids is 1. The van der Waals surface area contributed by atoms with Crippen molar-refractivity contribution in [3.8, 4) is 5.75 Å². The van der Waals surface area contributed by atoms with Crippen LogP contribution in [0, 0.1) is 0 Å². The molecule has 0 aliphatic carbocycles. The molecule has 0 saturated heterocycles. The molecule has 0 aliphatic rings. The van der Waals surface area contributed by atoms with E-state index < -0.39 is 5.97 Å². The highest BCUT2D eigenvalue weighted by molar-refractivity contribution is 5.98. The number of carboxylic acid groups (broad SMARTS) is 1. The van der Waals surface area contributed by atoms with Gasteiger partial charge in [0, 0.05) is 5.69 Å². The van der Waals surface area contributed by atoms with Gasteiger partial charge in [0.2, 0.25) is 5.91 Å². The fraction of sp³-hybridized carbons (Fsp3) is 0.176. The van der Waals surface area contributed by atoms with Crippen molar-refractivity contribution in [3.63, 3.8) is 0 Å². The van der Waals surface area contributed by atoms with E-state index >= 15 is 0 Å². The number of aromatic carboxylic acids is 1. The summed E-state index contributed by atoms with van der Waals surface area (Å²) in [5, 5.41) is 21.2. The Morgan fingerprint density at radius 1 is 1.14 bits per heavy atom. The molecule has 0 spiro atoms. The summed E-state index contributed by atoms with van der Waals surface area (Å²) in [4.78, 5) is 23.4. The molecule has 0 fully saturated rings. The summed E-state index contributed by atoms with van der Waals surface area (Å²) in [6, 6.07) is 13.4. The average molecular weight is 299 g/mol. The van der Waals surface area contributed by atoms with Gasteiger partial charge >= 0.3 is 5.97 Å². The third-order valence-corrected chi connectivity index (χ3v) is 3.42. The van der Waals surface area contributed by atoms with Gasteiger partial charge in [0.05, 0.1) is 5.92 Å². The number of hydrogen-bond acceptors (Lipinski definition) is 3. The highest BCUT2D eigenvalue weighted by Gasteiger charge is 2.19. The van der Waals surface area contributed by atoms with Gasteiger partial charge in [-0.1, -0.05) is 37.3 Å². The molecule has 0 aromatic heterocycles. The zero-order chi connectivity index (χ0) is 16.1. The van der Waals surface area contributed by atoms with Crippen LogP contribution in [0.2, 0.25) is 0 Å². The molecule has 5 heteroatoms. The smallest absolute Gasteiger partial charge is 0.339 e. The summed E-state index contributed by atoms with van der Waals surface area (Å²) >= 11 is 0. The Kier molecular flexibility index (Phi) is 4.78. The quantitative estimate of drug-likeness (QED) is 0.740. The van der Waals surface area contributed by atoms with Crippen molar-refractivity contribution >= 4 is 17.6 Å². The molecule has 0 bridgehead atoms. The Morgan fingerprint density at radius 3 is 2.41 bits per heavy atom. The summed E-state index contributed by atoms with van der Waals surface area (Å²) in [5.41, 5.74) is 1.000. The second-order valence-corrected chi connectivity index (χ2v) is 4.90. The lowest BCUT2D eigenvalue weighted by Gasteiger charge is -2.15. The molecule has 0 unspecified atom stereocenters. The first-order chi connectivity index (χ1) is 10.5. The van der Waals surface area contributed by atoms with Crippen molar-refractivity contribution < 1.29 is 19.8 Å². The maximum atomic E-state index is 12.4. The van der Waals surface area contributed by atoms with Gasteiger partial charge in [-0.3, -0.25) is 4.79 Å². The minimum absolute atomic E-state index is 0.212.